The van der Waals surface area contributed by atoms with Crippen LogP contribution >= 0.6 is 0 Å². The number of urea groups is 1. The molecule has 1 aliphatic rings. The quantitative estimate of drug-likeness (QED) is 0.664. The number of nitrogens with two attached hydrogens (primary N) is 1. The zero-order valence-electron chi connectivity index (χ0n) is 8.62. The molecule has 0 aromatic heterocycles. The van der Waals surface area contributed by atoms with Crippen molar-refractivity contribution in [2.75, 3.05) is 13.1 Å². The Bertz CT molecular complexity index is 242. The monoisotopic (exact) mass is 199 g/mol. The summed E-state index contributed by atoms with van der Waals surface area (Å²) in [6.45, 7) is 5.07. The van der Waals surface area contributed by atoms with E-state index in [2.05, 4.69) is 5.32 Å². The molecular formula is C9H17N3O2. The lowest BCUT2D eigenvalue weighted by Gasteiger charge is -2.28. The van der Waals surface area contributed by atoms with E-state index < -0.39 is 11.9 Å². The molecule has 1 heterocycles. The van der Waals surface area contributed by atoms with Crippen molar-refractivity contribution >= 4 is 11.9 Å². The number of carbonyl (C=O) groups is 2. The molecule has 0 unspecified atom stereocenters. The van der Waals surface area contributed by atoms with Crippen molar-refractivity contribution in [2.24, 2.45) is 11.7 Å². The number of rotatable bonds is 4. The van der Waals surface area contributed by atoms with Gasteiger partial charge in [0.1, 0.15) is 6.04 Å². The van der Waals surface area contributed by atoms with E-state index in [0.717, 1.165) is 6.42 Å². The van der Waals surface area contributed by atoms with Crippen LogP contribution < -0.4 is 11.1 Å². The van der Waals surface area contributed by atoms with Crippen molar-refractivity contribution in [1.29, 1.82) is 0 Å². The van der Waals surface area contributed by atoms with Gasteiger partial charge in [0, 0.05) is 13.1 Å². The van der Waals surface area contributed by atoms with Crippen LogP contribution in [-0.4, -0.2) is 36.0 Å². The Kier molecular flexibility index (Phi) is 3.33. The summed E-state index contributed by atoms with van der Waals surface area (Å²) in [4.78, 5) is 24.1. The predicted octanol–water partition coefficient (Wildman–Crippen LogP) is -0.0884. The Morgan fingerprint density at radius 3 is 2.71 bits per heavy atom. The van der Waals surface area contributed by atoms with E-state index in [1.165, 1.54) is 4.90 Å². The zero-order valence-corrected chi connectivity index (χ0v) is 8.62. The fourth-order valence-corrected chi connectivity index (χ4v) is 1.72. The van der Waals surface area contributed by atoms with Gasteiger partial charge in [0.2, 0.25) is 5.91 Å². The van der Waals surface area contributed by atoms with Crippen LogP contribution in [0.15, 0.2) is 0 Å². The van der Waals surface area contributed by atoms with Crippen molar-refractivity contribution in [1.82, 2.24) is 10.2 Å². The van der Waals surface area contributed by atoms with E-state index in [4.69, 9.17) is 5.73 Å². The van der Waals surface area contributed by atoms with E-state index in [1.54, 1.807) is 0 Å². The lowest BCUT2D eigenvalue weighted by atomic mass is 9.97. The lowest BCUT2D eigenvalue weighted by molar-refractivity contribution is -0.123. The molecule has 1 saturated heterocycles. The molecule has 0 radical (unpaired) electrons. The van der Waals surface area contributed by atoms with Crippen LogP contribution in [0.4, 0.5) is 4.79 Å². The lowest BCUT2D eigenvalue weighted by Crippen LogP contribution is -2.49. The first-order valence-corrected chi connectivity index (χ1v) is 4.91. The molecule has 80 valence electrons. The normalized spacial score (nSPS) is 20.4. The fraction of sp³-hybridized carbons (Fsp3) is 0.778. The second kappa shape index (κ2) is 4.30. The second-order valence-corrected chi connectivity index (χ2v) is 3.66. The topological polar surface area (TPSA) is 75.4 Å². The minimum Gasteiger partial charge on any atom is -0.368 e. The molecule has 3 amide bonds. The third-order valence-electron chi connectivity index (χ3n) is 2.70. The van der Waals surface area contributed by atoms with Gasteiger partial charge in [-0.3, -0.25) is 4.79 Å². The van der Waals surface area contributed by atoms with Crippen molar-refractivity contribution in [3.8, 4) is 0 Å². The SMILES string of the molecule is CC[C@H](C)[C@@H](C(N)=O)N1CCNC1=O. The zero-order chi connectivity index (χ0) is 10.7. The molecule has 1 rings (SSSR count). The summed E-state index contributed by atoms with van der Waals surface area (Å²) < 4.78 is 0. The number of hydrogen-bond donors (Lipinski definition) is 2. The van der Waals surface area contributed by atoms with Gasteiger partial charge in [-0.15, -0.1) is 0 Å². The maximum atomic E-state index is 11.3. The standard InChI is InChI=1S/C9H17N3O2/c1-3-6(2)7(8(10)13)12-5-4-11-9(12)14/h6-7H,3-5H2,1-2H3,(H2,10,13)(H,11,14)/t6-,7-/m0/s1. The van der Waals surface area contributed by atoms with E-state index in [-0.39, 0.29) is 11.9 Å². The predicted molar refractivity (Wildman–Crippen MR) is 52.5 cm³/mol. The maximum Gasteiger partial charge on any atom is 0.318 e. The largest absolute Gasteiger partial charge is 0.368 e. The number of hydrogen-bond acceptors (Lipinski definition) is 2. The second-order valence-electron chi connectivity index (χ2n) is 3.66. The van der Waals surface area contributed by atoms with Gasteiger partial charge in [0.25, 0.3) is 0 Å². The first kappa shape index (κ1) is 10.8. The summed E-state index contributed by atoms with van der Waals surface area (Å²) in [5, 5.41) is 2.66. The van der Waals surface area contributed by atoms with Gasteiger partial charge in [-0.25, -0.2) is 4.79 Å². The highest BCUT2D eigenvalue weighted by molar-refractivity contribution is 5.87. The molecule has 5 nitrogen and oxygen atoms in total. The number of amides is 3. The van der Waals surface area contributed by atoms with Gasteiger partial charge in [-0.1, -0.05) is 20.3 Å². The Labute approximate surface area is 83.6 Å². The molecule has 0 aromatic rings. The molecule has 2 atom stereocenters. The average molecular weight is 199 g/mol. The first-order valence-electron chi connectivity index (χ1n) is 4.91. The Balaban J connectivity index is 2.76. The summed E-state index contributed by atoms with van der Waals surface area (Å²) in [6, 6.07) is -0.656. The number of nitrogens with zero attached hydrogens (tertiary/aromatic N) is 1. The van der Waals surface area contributed by atoms with Crippen LogP contribution in [0.5, 0.6) is 0 Å². The van der Waals surface area contributed by atoms with Crippen molar-refractivity contribution in [2.45, 2.75) is 26.3 Å². The van der Waals surface area contributed by atoms with E-state index in [0.29, 0.717) is 13.1 Å². The van der Waals surface area contributed by atoms with Crippen LogP contribution in [0, 0.1) is 5.92 Å². The van der Waals surface area contributed by atoms with Crippen LogP contribution in [0.2, 0.25) is 0 Å². The Morgan fingerprint density at radius 1 is 1.71 bits per heavy atom. The molecule has 0 spiro atoms. The van der Waals surface area contributed by atoms with Crippen molar-refractivity contribution in [3.05, 3.63) is 0 Å². The van der Waals surface area contributed by atoms with E-state index in [1.807, 2.05) is 13.8 Å². The van der Waals surface area contributed by atoms with Crippen LogP contribution in [0.1, 0.15) is 20.3 Å². The molecule has 0 saturated carbocycles. The van der Waals surface area contributed by atoms with Crippen molar-refractivity contribution < 1.29 is 9.59 Å². The molecule has 0 bridgehead atoms. The molecular weight excluding hydrogens is 182 g/mol. The average Bonchev–Trinajstić information content (AvgIpc) is 2.52. The minimum atomic E-state index is -0.470. The third-order valence-corrected chi connectivity index (χ3v) is 2.70. The maximum absolute atomic E-state index is 11.3. The van der Waals surface area contributed by atoms with Crippen LogP contribution in [0.3, 0.4) is 0 Å². The molecule has 1 fully saturated rings. The summed E-state index contributed by atoms with van der Waals surface area (Å²) in [6.07, 6.45) is 0.831. The van der Waals surface area contributed by atoms with E-state index in [9.17, 15) is 9.59 Å². The summed E-state index contributed by atoms with van der Waals surface area (Å²) in [5.41, 5.74) is 5.29. The molecule has 3 N–H and O–H groups in total. The molecule has 14 heavy (non-hydrogen) atoms. The van der Waals surface area contributed by atoms with Crippen LogP contribution in [-0.2, 0) is 4.79 Å². The van der Waals surface area contributed by atoms with Crippen molar-refractivity contribution in [3.63, 3.8) is 0 Å². The van der Waals surface area contributed by atoms with Crippen LogP contribution in [0.25, 0.3) is 0 Å². The van der Waals surface area contributed by atoms with Gasteiger partial charge in [-0.2, -0.15) is 0 Å². The summed E-state index contributed by atoms with van der Waals surface area (Å²) in [5.74, 6) is -0.312. The molecule has 1 aliphatic heterocycles. The number of nitrogens with one attached hydrogen (secondary N) is 1. The Hall–Kier alpha value is -1.26. The summed E-state index contributed by atoms with van der Waals surface area (Å²) in [7, 11) is 0. The fourth-order valence-electron chi connectivity index (χ4n) is 1.72. The highest BCUT2D eigenvalue weighted by atomic mass is 16.2. The highest BCUT2D eigenvalue weighted by Crippen LogP contribution is 2.16. The third kappa shape index (κ3) is 1.97. The molecule has 0 aromatic carbocycles. The minimum absolute atomic E-state index is 0.108. The van der Waals surface area contributed by atoms with Gasteiger partial charge >= 0.3 is 6.03 Å². The van der Waals surface area contributed by atoms with E-state index >= 15 is 0 Å². The molecule has 5 heteroatoms. The Morgan fingerprint density at radius 2 is 2.36 bits per heavy atom. The first-order chi connectivity index (χ1) is 6.57. The van der Waals surface area contributed by atoms with Gasteiger partial charge in [0.05, 0.1) is 0 Å². The number of carbonyl (C=O) groups excluding carboxylic acids is 2. The number of primary amides is 1. The molecule has 0 aliphatic carbocycles. The highest BCUT2D eigenvalue weighted by Gasteiger charge is 2.34. The van der Waals surface area contributed by atoms with Gasteiger partial charge in [0.15, 0.2) is 0 Å². The smallest absolute Gasteiger partial charge is 0.318 e. The van der Waals surface area contributed by atoms with Gasteiger partial charge < -0.3 is 16.0 Å². The summed E-state index contributed by atoms with van der Waals surface area (Å²) >= 11 is 0. The van der Waals surface area contributed by atoms with Gasteiger partial charge in [-0.05, 0) is 5.92 Å².